The third-order valence-corrected chi connectivity index (χ3v) is 3.81. The molecule has 2 aromatic rings. The number of hydrogen-bond donors (Lipinski definition) is 2. The molecule has 2 rings (SSSR count). The highest BCUT2D eigenvalue weighted by Gasteiger charge is 2.41. The van der Waals surface area contributed by atoms with E-state index in [4.69, 9.17) is 11.5 Å². The first-order valence-electron chi connectivity index (χ1n) is 7.28. The molecule has 0 aliphatic heterocycles. The van der Waals surface area contributed by atoms with Crippen LogP contribution in [0.15, 0.2) is 48.5 Å². The molecule has 0 aromatic heterocycles. The van der Waals surface area contributed by atoms with E-state index in [2.05, 4.69) is 0 Å². The lowest BCUT2D eigenvalue weighted by Crippen LogP contribution is -2.60. The zero-order valence-corrected chi connectivity index (χ0v) is 13.3. The molecule has 0 heterocycles. The van der Waals surface area contributed by atoms with Gasteiger partial charge in [0.15, 0.2) is 17.1 Å². The van der Waals surface area contributed by atoms with Crippen LogP contribution >= 0.6 is 0 Å². The zero-order chi connectivity index (χ0) is 19.5. The number of Topliss-reactive ketones (excluding diaryl/α,β-unsaturated/α-hetero) is 2. The monoisotopic (exact) mass is 358 g/mol. The Hall–Kier alpha value is -3.50. The number of ketones is 2. The second-order valence-electron chi connectivity index (χ2n) is 5.44. The van der Waals surface area contributed by atoms with Gasteiger partial charge in [0.05, 0.1) is 9.85 Å². The molecular weight excluding hydrogens is 344 g/mol. The van der Waals surface area contributed by atoms with Gasteiger partial charge in [0.1, 0.15) is 0 Å². The highest BCUT2D eigenvalue weighted by Crippen LogP contribution is 2.21. The van der Waals surface area contributed by atoms with Gasteiger partial charge in [-0.3, -0.25) is 29.8 Å². The molecule has 0 aliphatic carbocycles. The smallest absolute Gasteiger partial charge is 0.269 e. The number of benzene rings is 2. The fourth-order valence-corrected chi connectivity index (χ4v) is 2.27. The number of hydrogen-bond acceptors (Lipinski definition) is 8. The maximum atomic E-state index is 12.7. The van der Waals surface area contributed by atoms with E-state index in [-0.39, 0.29) is 22.5 Å². The van der Waals surface area contributed by atoms with Crippen molar-refractivity contribution in [3.63, 3.8) is 0 Å². The second-order valence-corrected chi connectivity index (χ2v) is 5.44. The van der Waals surface area contributed by atoms with Crippen LogP contribution in [0.1, 0.15) is 20.7 Å². The highest BCUT2D eigenvalue weighted by molar-refractivity contribution is 6.23. The van der Waals surface area contributed by atoms with Crippen LogP contribution in [0, 0.1) is 20.2 Å². The summed E-state index contributed by atoms with van der Waals surface area (Å²) in [6.07, 6.45) is 0. The Kier molecular flexibility index (Phi) is 5.19. The van der Waals surface area contributed by atoms with E-state index in [9.17, 15) is 29.8 Å². The number of non-ortho nitro benzene ring substituents is 2. The first kappa shape index (κ1) is 18.8. The summed E-state index contributed by atoms with van der Waals surface area (Å²) in [7, 11) is 0. The van der Waals surface area contributed by atoms with E-state index >= 15 is 0 Å². The van der Waals surface area contributed by atoms with Crippen molar-refractivity contribution in [2.24, 2.45) is 11.5 Å². The molecule has 0 fully saturated rings. The van der Waals surface area contributed by atoms with Gasteiger partial charge in [-0.2, -0.15) is 0 Å². The van der Waals surface area contributed by atoms with Crippen molar-refractivity contribution < 1.29 is 19.4 Å². The first-order valence-corrected chi connectivity index (χ1v) is 7.28. The van der Waals surface area contributed by atoms with E-state index in [0.29, 0.717) is 0 Å². The Morgan fingerprint density at radius 1 is 0.808 bits per heavy atom. The molecule has 2 aromatic carbocycles. The molecule has 10 nitrogen and oxygen atoms in total. The van der Waals surface area contributed by atoms with Crippen LogP contribution < -0.4 is 11.5 Å². The van der Waals surface area contributed by atoms with Crippen LogP contribution in [0.4, 0.5) is 11.4 Å². The number of nitrogens with zero attached hydrogens (tertiary/aromatic N) is 2. The number of carbonyl (C=O) groups excluding carboxylic acids is 2. The summed E-state index contributed by atoms with van der Waals surface area (Å²) in [6.45, 7) is -0.515. The van der Waals surface area contributed by atoms with E-state index in [1.165, 1.54) is 24.3 Å². The predicted octanol–water partition coefficient (Wildman–Crippen LogP) is 1.22. The Labute approximate surface area is 146 Å². The Morgan fingerprint density at radius 2 is 1.12 bits per heavy atom. The van der Waals surface area contributed by atoms with Crippen molar-refractivity contribution in [3.8, 4) is 0 Å². The summed E-state index contributed by atoms with van der Waals surface area (Å²) < 4.78 is 0. The quantitative estimate of drug-likeness (QED) is 0.321. The molecule has 0 amide bonds. The zero-order valence-electron chi connectivity index (χ0n) is 13.3. The van der Waals surface area contributed by atoms with Crippen molar-refractivity contribution in [2.75, 3.05) is 6.54 Å². The maximum absolute atomic E-state index is 12.7. The predicted molar refractivity (Wildman–Crippen MR) is 90.8 cm³/mol. The molecule has 10 heteroatoms. The van der Waals surface area contributed by atoms with Gasteiger partial charge in [-0.15, -0.1) is 0 Å². The average molecular weight is 358 g/mol. The summed E-state index contributed by atoms with van der Waals surface area (Å²) in [6, 6.07) is 9.17. The molecule has 134 valence electrons. The van der Waals surface area contributed by atoms with Gasteiger partial charge in [0.2, 0.25) is 0 Å². The summed E-state index contributed by atoms with van der Waals surface area (Å²) in [5.74, 6) is -1.61. The van der Waals surface area contributed by atoms with Crippen molar-refractivity contribution in [2.45, 2.75) is 5.54 Å². The van der Waals surface area contributed by atoms with Crippen molar-refractivity contribution >= 4 is 22.9 Å². The fourth-order valence-electron chi connectivity index (χ4n) is 2.27. The Morgan fingerprint density at radius 3 is 1.35 bits per heavy atom. The second kappa shape index (κ2) is 7.17. The van der Waals surface area contributed by atoms with Gasteiger partial charge in [0, 0.05) is 41.9 Å². The lowest BCUT2D eigenvalue weighted by Gasteiger charge is -2.24. The standard InChI is InChI=1S/C16H14N4O6/c17-9-16(18,14(21)10-1-5-12(6-2-10)19(23)24)15(22)11-3-7-13(8-4-11)20(25)26/h1-8H,9,17-18H2. The minimum atomic E-state index is -2.10. The van der Waals surface area contributed by atoms with Gasteiger partial charge in [0.25, 0.3) is 11.4 Å². The van der Waals surface area contributed by atoms with Crippen LogP contribution in [0.5, 0.6) is 0 Å². The third kappa shape index (κ3) is 3.45. The van der Waals surface area contributed by atoms with Crippen LogP contribution in [0.2, 0.25) is 0 Å². The fraction of sp³-hybridized carbons (Fsp3) is 0.125. The van der Waals surface area contributed by atoms with Crippen molar-refractivity contribution in [1.29, 1.82) is 0 Å². The first-order chi connectivity index (χ1) is 12.2. The summed E-state index contributed by atoms with van der Waals surface area (Å²) >= 11 is 0. The number of nitro benzene ring substituents is 2. The van der Waals surface area contributed by atoms with Crippen LogP contribution in [0.3, 0.4) is 0 Å². The van der Waals surface area contributed by atoms with Crippen LogP contribution in [-0.4, -0.2) is 33.5 Å². The summed E-state index contributed by atoms with van der Waals surface area (Å²) in [5.41, 5.74) is 8.93. The lowest BCUT2D eigenvalue weighted by molar-refractivity contribution is -0.385. The molecule has 26 heavy (non-hydrogen) atoms. The minimum absolute atomic E-state index is 0.0150. The molecule has 4 N–H and O–H groups in total. The largest absolute Gasteiger partial charge is 0.328 e. The van der Waals surface area contributed by atoms with Crippen LogP contribution in [-0.2, 0) is 0 Å². The van der Waals surface area contributed by atoms with E-state index in [0.717, 1.165) is 24.3 Å². The van der Waals surface area contributed by atoms with Gasteiger partial charge in [-0.25, -0.2) is 0 Å². The molecular formula is C16H14N4O6. The Bertz CT molecular complexity index is 807. The van der Waals surface area contributed by atoms with Crippen LogP contribution in [0.25, 0.3) is 0 Å². The summed E-state index contributed by atoms with van der Waals surface area (Å²) in [5, 5.41) is 21.4. The van der Waals surface area contributed by atoms with E-state index in [1.807, 2.05) is 0 Å². The maximum Gasteiger partial charge on any atom is 0.269 e. The average Bonchev–Trinajstić information content (AvgIpc) is 2.66. The third-order valence-electron chi connectivity index (χ3n) is 3.81. The molecule has 0 spiro atoms. The van der Waals surface area contributed by atoms with E-state index < -0.39 is 33.5 Å². The minimum Gasteiger partial charge on any atom is -0.328 e. The van der Waals surface area contributed by atoms with E-state index in [1.54, 1.807) is 0 Å². The van der Waals surface area contributed by atoms with Gasteiger partial charge in [-0.1, -0.05) is 0 Å². The molecule has 0 bridgehead atoms. The topological polar surface area (TPSA) is 172 Å². The summed E-state index contributed by atoms with van der Waals surface area (Å²) in [4.78, 5) is 45.4. The number of carbonyl (C=O) groups is 2. The highest BCUT2D eigenvalue weighted by atomic mass is 16.6. The van der Waals surface area contributed by atoms with Gasteiger partial charge < -0.3 is 11.5 Å². The normalized spacial score (nSPS) is 11.0. The van der Waals surface area contributed by atoms with Gasteiger partial charge in [-0.05, 0) is 24.3 Å². The molecule has 0 atom stereocenters. The number of nitro groups is 2. The molecule has 0 saturated heterocycles. The van der Waals surface area contributed by atoms with Crippen molar-refractivity contribution in [1.82, 2.24) is 0 Å². The van der Waals surface area contributed by atoms with Crippen molar-refractivity contribution in [3.05, 3.63) is 79.9 Å². The molecule has 0 radical (unpaired) electrons. The number of nitrogens with two attached hydrogens (primary N) is 2. The Balaban J connectivity index is 2.35. The number of rotatable bonds is 7. The lowest BCUT2D eigenvalue weighted by atomic mass is 9.83. The molecule has 0 aliphatic rings. The molecule has 0 unspecified atom stereocenters. The SMILES string of the molecule is NCC(N)(C(=O)c1ccc([N+](=O)[O-])cc1)C(=O)c1ccc([N+](=O)[O-])cc1. The molecule has 0 saturated carbocycles. The van der Waals surface area contributed by atoms with Gasteiger partial charge >= 0.3 is 0 Å².